The number of amides is 2. The largest absolute Gasteiger partial charge is 0.508 e. The molecule has 0 spiro atoms. The van der Waals surface area contributed by atoms with E-state index in [1.165, 1.54) is 17.1 Å². The number of carbonyl (C=O) groups excluding carboxylic acids is 6. The molecule has 6 rings (SSSR count). The van der Waals surface area contributed by atoms with Gasteiger partial charge >= 0.3 is 18.1 Å². The van der Waals surface area contributed by atoms with Crippen LogP contribution in [0.5, 0.6) is 5.75 Å². The second-order valence-electron chi connectivity index (χ2n) is 19.5. The van der Waals surface area contributed by atoms with Crippen molar-refractivity contribution in [1.82, 2.24) is 9.88 Å². The number of hydrogen-bond acceptors (Lipinski definition) is 14. The third-order valence-electron chi connectivity index (χ3n) is 13.7. The van der Waals surface area contributed by atoms with E-state index in [0.717, 1.165) is 65.7 Å². The number of esters is 2. The SMILES string of the molecule is C=CCC1C(=O)C(C)(C)C(O)CC(=O)OC(c2ccc3sc(C)nc3c2)CC2OC2(C)CCCC(C)C1OC(=O)OCc1ccc(OC(=O)CCCCCCCCCCN2C(=O)C=CC2=O)c(Cl)c1. The van der Waals surface area contributed by atoms with Crippen molar-refractivity contribution in [3.8, 4) is 5.75 Å². The molecule has 2 saturated heterocycles. The Balaban J connectivity index is 1.000. The Hall–Kier alpha value is -4.96. The van der Waals surface area contributed by atoms with Crippen molar-refractivity contribution in [3.05, 3.63) is 82.4 Å². The summed E-state index contributed by atoms with van der Waals surface area (Å²) in [6.45, 7) is 13.2. The van der Waals surface area contributed by atoms with Crippen molar-refractivity contribution in [2.24, 2.45) is 17.3 Å². The van der Waals surface area contributed by atoms with Crippen LogP contribution in [0.1, 0.15) is 146 Å². The van der Waals surface area contributed by atoms with Crippen molar-refractivity contribution in [2.75, 3.05) is 6.54 Å². The maximum Gasteiger partial charge on any atom is 0.508 e. The average Bonchev–Trinajstić information content (AvgIpc) is 3.58. The predicted molar refractivity (Wildman–Crippen MR) is 261 cm³/mol. The van der Waals surface area contributed by atoms with Gasteiger partial charge in [0, 0.05) is 31.5 Å². The number of benzene rings is 2. The number of Topliss-reactive ketones (excluding diaryl/α,β-unsaturated/α-hetero) is 1. The Morgan fingerprint density at radius 1 is 0.986 bits per heavy atom. The highest BCUT2D eigenvalue weighted by Gasteiger charge is 2.53. The fraction of sp³-hybridized carbons (Fsp3) is 0.566. The van der Waals surface area contributed by atoms with Gasteiger partial charge in [0.25, 0.3) is 11.8 Å². The normalized spacial score (nSPS) is 25.3. The molecule has 374 valence electrons. The van der Waals surface area contributed by atoms with Crippen LogP contribution in [-0.2, 0) is 49.5 Å². The number of epoxide rings is 1. The van der Waals surface area contributed by atoms with Crippen LogP contribution in [0.3, 0.4) is 0 Å². The molecule has 7 unspecified atom stereocenters. The number of carbonyl (C=O) groups is 6. The number of aryl methyl sites for hydroxylation is 1. The maximum atomic E-state index is 14.6. The van der Waals surface area contributed by atoms with Crippen molar-refractivity contribution in [1.29, 1.82) is 0 Å². The van der Waals surface area contributed by atoms with Crippen LogP contribution in [0.25, 0.3) is 10.2 Å². The Bertz CT molecular complexity index is 2360. The standard InChI is InChI=1S/C53H67ClN2O12S/c1-7-17-37-49(67-51(63)64-32-35-20-22-40(38(54)28-35)65-47(60)19-14-12-10-8-9-11-13-15-27-56-45(58)24-25-46(56)59)33(2)18-16-26-53(6)44(68-53)30-41(36-21-23-42-39(29-36)55-34(3)69-42)66-48(61)31-43(57)52(4,5)50(37)62/h7,20-25,28-29,33,37,41,43-44,49,57H,1,8-19,26-27,30-32H2,2-6H3. The molecule has 14 nitrogen and oxygen atoms in total. The molecule has 2 aromatic carbocycles. The topological polar surface area (TPSA) is 188 Å². The van der Waals surface area contributed by atoms with Crippen LogP contribution < -0.4 is 4.74 Å². The number of nitrogens with zero attached hydrogens (tertiary/aromatic N) is 2. The van der Waals surface area contributed by atoms with Gasteiger partial charge in [-0.2, -0.15) is 0 Å². The van der Waals surface area contributed by atoms with Crippen molar-refractivity contribution >= 4 is 68.8 Å². The Morgan fingerprint density at radius 3 is 2.38 bits per heavy atom. The lowest BCUT2D eigenvalue weighted by atomic mass is 9.71. The molecule has 69 heavy (non-hydrogen) atoms. The van der Waals surface area contributed by atoms with E-state index in [0.29, 0.717) is 44.2 Å². The summed E-state index contributed by atoms with van der Waals surface area (Å²) in [7, 11) is 0. The highest BCUT2D eigenvalue weighted by molar-refractivity contribution is 7.18. The van der Waals surface area contributed by atoms with E-state index in [1.54, 1.807) is 49.5 Å². The van der Waals surface area contributed by atoms with Gasteiger partial charge < -0.3 is 28.8 Å². The maximum absolute atomic E-state index is 14.6. The molecule has 2 amide bonds. The Kier molecular flexibility index (Phi) is 18.8. The van der Waals surface area contributed by atoms with Gasteiger partial charge in [0.2, 0.25) is 0 Å². The molecule has 4 heterocycles. The number of rotatable bonds is 18. The number of cyclic esters (lactones) is 1. The molecule has 0 bridgehead atoms. The molecular weight excluding hydrogens is 924 g/mol. The van der Waals surface area contributed by atoms with E-state index in [1.807, 2.05) is 39.0 Å². The number of ketones is 1. The number of fused-ring (bicyclic) bond motifs is 2. The number of aliphatic hydroxyl groups is 1. The third kappa shape index (κ3) is 14.6. The second-order valence-corrected chi connectivity index (χ2v) is 21.1. The smallest absolute Gasteiger partial charge is 0.457 e. The lowest BCUT2D eigenvalue weighted by Gasteiger charge is -2.37. The first-order valence-corrected chi connectivity index (χ1v) is 25.5. The van der Waals surface area contributed by atoms with Crippen LogP contribution in [0.4, 0.5) is 4.79 Å². The first kappa shape index (κ1) is 53.4. The quantitative estimate of drug-likeness (QED) is 0.0317. The number of imide groups is 1. The molecule has 0 radical (unpaired) electrons. The lowest BCUT2D eigenvalue weighted by molar-refractivity contribution is -0.157. The van der Waals surface area contributed by atoms with E-state index in [9.17, 15) is 33.9 Å². The molecule has 2 fully saturated rings. The van der Waals surface area contributed by atoms with E-state index in [-0.39, 0.29) is 54.1 Å². The summed E-state index contributed by atoms with van der Waals surface area (Å²) in [5.74, 6) is -3.02. The number of halogens is 1. The molecule has 0 aliphatic carbocycles. The van der Waals surface area contributed by atoms with Crippen molar-refractivity contribution < 1.29 is 57.6 Å². The minimum atomic E-state index is -1.45. The van der Waals surface area contributed by atoms with Gasteiger partial charge in [-0.15, -0.1) is 17.9 Å². The first-order valence-electron chi connectivity index (χ1n) is 24.3. The summed E-state index contributed by atoms with van der Waals surface area (Å²) >= 11 is 8.08. The number of aliphatic hydroxyl groups excluding tert-OH is 1. The number of hydrogen-bond donors (Lipinski definition) is 1. The van der Waals surface area contributed by atoms with Gasteiger partial charge in [0.1, 0.15) is 30.3 Å². The minimum absolute atomic E-state index is 0.135. The molecule has 1 aromatic heterocycles. The summed E-state index contributed by atoms with van der Waals surface area (Å²) < 4.78 is 30.5. The molecular formula is C53H67ClN2O12S. The molecule has 16 heteroatoms. The zero-order chi connectivity index (χ0) is 49.9. The molecule has 3 aliphatic heterocycles. The summed E-state index contributed by atoms with van der Waals surface area (Å²) in [6.07, 6.45) is 9.55. The second kappa shape index (κ2) is 24.2. The van der Waals surface area contributed by atoms with Gasteiger partial charge in [-0.3, -0.25) is 28.9 Å². The van der Waals surface area contributed by atoms with E-state index in [2.05, 4.69) is 11.6 Å². The Labute approximate surface area is 414 Å². The summed E-state index contributed by atoms with van der Waals surface area (Å²) in [5.41, 5.74) is 0.176. The zero-order valence-corrected chi connectivity index (χ0v) is 42.1. The van der Waals surface area contributed by atoms with Crippen LogP contribution in [0, 0.1) is 24.2 Å². The van der Waals surface area contributed by atoms with Gasteiger partial charge in [0.15, 0.2) is 0 Å². The minimum Gasteiger partial charge on any atom is -0.457 e. The lowest BCUT2D eigenvalue weighted by Crippen LogP contribution is -2.47. The highest BCUT2D eigenvalue weighted by Crippen LogP contribution is 2.47. The molecule has 3 aromatic rings. The highest BCUT2D eigenvalue weighted by atomic mass is 35.5. The number of aromatic nitrogens is 1. The molecule has 1 N–H and O–H groups in total. The van der Waals surface area contributed by atoms with E-state index < -0.39 is 65.5 Å². The van der Waals surface area contributed by atoms with Crippen LogP contribution in [0.2, 0.25) is 5.02 Å². The number of allylic oxidation sites excluding steroid dienone is 1. The van der Waals surface area contributed by atoms with Gasteiger partial charge in [-0.05, 0) is 87.3 Å². The number of ether oxygens (including phenoxy) is 5. The fourth-order valence-corrected chi connectivity index (χ4v) is 10.4. The summed E-state index contributed by atoms with van der Waals surface area (Å²) in [5, 5.41) is 12.7. The Morgan fingerprint density at radius 2 is 1.68 bits per heavy atom. The summed E-state index contributed by atoms with van der Waals surface area (Å²) in [6, 6.07) is 10.5. The van der Waals surface area contributed by atoms with Gasteiger partial charge in [-0.25, -0.2) is 9.78 Å². The molecule has 0 saturated carbocycles. The van der Waals surface area contributed by atoms with Crippen LogP contribution in [-0.4, -0.2) is 81.1 Å². The van der Waals surface area contributed by atoms with Crippen LogP contribution >= 0.6 is 22.9 Å². The predicted octanol–water partition coefficient (Wildman–Crippen LogP) is 10.8. The summed E-state index contributed by atoms with van der Waals surface area (Å²) in [4.78, 5) is 83.5. The van der Waals surface area contributed by atoms with Crippen molar-refractivity contribution in [2.45, 2.75) is 168 Å². The number of unbranched alkanes of at least 4 members (excludes halogenated alkanes) is 7. The van der Waals surface area contributed by atoms with Gasteiger partial charge in [0.05, 0.1) is 55.8 Å². The monoisotopic (exact) mass is 990 g/mol. The fourth-order valence-electron chi connectivity index (χ4n) is 9.31. The zero-order valence-electron chi connectivity index (χ0n) is 40.5. The van der Waals surface area contributed by atoms with Crippen molar-refractivity contribution in [3.63, 3.8) is 0 Å². The number of thiazole rings is 1. The first-order chi connectivity index (χ1) is 32.9. The molecule has 3 aliphatic rings. The average molecular weight is 992 g/mol. The van der Waals surface area contributed by atoms with Crippen LogP contribution in [0.15, 0.2) is 61.2 Å². The van der Waals surface area contributed by atoms with E-state index in [4.69, 9.17) is 35.3 Å². The third-order valence-corrected chi connectivity index (χ3v) is 15.0. The molecule has 7 atom stereocenters. The van der Waals surface area contributed by atoms with E-state index >= 15 is 0 Å². The van der Waals surface area contributed by atoms with Gasteiger partial charge in [-0.1, -0.05) is 95.5 Å².